The number of rotatable bonds is 4. The average molecular weight is 276 g/mol. The molecule has 0 fully saturated rings. The van der Waals surface area contributed by atoms with E-state index < -0.39 is 11.5 Å². The SMILES string of the molecule is CCC(=O)C(CC)c1cc(=O)oc2cc(O)cc(O)c12. The number of carbonyl (C=O) groups excluding carboxylic acids is 1. The Morgan fingerprint density at radius 2 is 1.95 bits per heavy atom. The molecule has 1 heterocycles. The van der Waals surface area contributed by atoms with Crippen molar-refractivity contribution in [1.29, 1.82) is 0 Å². The summed E-state index contributed by atoms with van der Waals surface area (Å²) in [5, 5.41) is 19.7. The van der Waals surface area contributed by atoms with E-state index in [1.165, 1.54) is 12.1 Å². The summed E-state index contributed by atoms with van der Waals surface area (Å²) in [5.41, 5.74) is -0.0877. The molecule has 0 saturated carbocycles. The maximum Gasteiger partial charge on any atom is 0.336 e. The van der Waals surface area contributed by atoms with Gasteiger partial charge in [-0.05, 0) is 12.0 Å². The van der Waals surface area contributed by atoms with Crippen molar-refractivity contribution in [2.75, 3.05) is 0 Å². The smallest absolute Gasteiger partial charge is 0.336 e. The number of hydrogen-bond acceptors (Lipinski definition) is 5. The molecule has 0 radical (unpaired) electrons. The van der Waals surface area contributed by atoms with Gasteiger partial charge in [0.2, 0.25) is 0 Å². The van der Waals surface area contributed by atoms with Crippen molar-refractivity contribution >= 4 is 16.8 Å². The minimum atomic E-state index is -0.611. The first-order valence-electron chi connectivity index (χ1n) is 6.50. The molecule has 2 aromatic rings. The number of aromatic hydroxyl groups is 2. The molecule has 106 valence electrons. The van der Waals surface area contributed by atoms with Crippen molar-refractivity contribution < 1.29 is 19.4 Å². The van der Waals surface area contributed by atoms with Gasteiger partial charge in [0.15, 0.2) is 0 Å². The van der Waals surface area contributed by atoms with Crippen LogP contribution in [0.3, 0.4) is 0 Å². The molecular formula is C15H16O5. The van der Waals surface area contributed by atoms with Crippen LogP contribution in [0, 0.1) is 0 Å². The summed E-state index contributed by atoms with van der Waals surface area (Å²) in [6.07, 6.45) is 0.866. The molecule has 0 saturated heterocycles. The maximum atomic E-state index is 12.0. The van der Waals surface area contributed by atoms with Gasteiger partial charge in [-0.25, -0.2) is 4.79 Å². The van der Waals surface area contributed by atoms with Crippen LogP contribution in [0.1, 0.15) is 38.2 Å². The molecule has 5 heteroatoms. The molecule has 1 unspecified atom stereocenters. The Hall–Kier alpha value is -2.30. The van der Waals surface area contributed by atoms with Gasteiger partial charge < -0.3 is 14.6 Å². The molecular weight excluding hydrogens is 260 g/mol. The number of benzene rings is 1. The topological polar surface area (TPSA) is 87.7 Å². The Morgan fingerprint density at radius 1 is 1.25 bits per heavy atom. The first kappa shape index (κ1) is 14.1. The van der Waals surface area contributed by atoms with Gasteiger partial charge in [-0.15, -0.1) is 0 Å². The third kappa shape index (κ3) is 2.39. The number of Topliss-reactive ketones (excluding diaryl/α,β-unsaturated/α-hetero) is 1. The molecule has 0 bridgehead atoms. The summed E-state index contributed by atoms with van der Waals surface area (Å²) in [6, 6.07) is 3.65. The first-order chi connectivity index (χ1) is 9.47. The number of fused-ring (bicyclic) bond motifs is 1. The normalized spacial score (nSPS) is 12.5. The van der Waals surface area contributed by atoms with E-state index >= 15 is 0 Å². The second-order valence-corrected chi connectivity index (χ2v) is 4.64. The summed E-state index contributed by atoms with van der Waals surface area (Å²) in [7, 11) is 0. The van der Waals surface area contributed by atoms with Crippen LogP contribution < -0.4 is 5.63 Å². The lowest BCUT2D eigenvalue weighted by molar-refractivity contribution is -0.120. The van der Waals surface area contributed by atoms with Gasteiger partial charge in [-0.2, -0.15) is 0 Å². The zero-order valence-corrected chi connectivity index (χ0v) is 11.3. The number of carbonyl (C=O) groups is 1. The molecule has 1 atom stereocenters. The largest absolute Gasteiger partial charge is 0.508 e. The van der Waals surface area contributed by atoms with Gasteiger partial charge in [0.05, 0.1) is 5.39 Å². The van der Waals surface area contributed by atoms with Crippen molar-refractivity contribution in [2.45, 2.75) is 32.6 Å². The molecule has 2 rings (SSSR count). The van der Waals surface area contributed by atoms with Crippen LogP contribution >= 0.6 is 0 Å². The zero-order valence-electron chi connectivity index (χ0n) is 11.3. The van der Waals surface area contributed by atoms with Gasteiger partial charge in [-0.3, -0.25) is 4.79 Å². The highest BCUT2D eigenvalue weighted by molar-refractivity contribution is 5.94. The van der Waals surface area contributed by atoms with Crippen molar-refractivity contribution in [1.82, 2.24) is 0 Å². The fraction of sp³-hybridized carbons (Fsp3) is 0.333. The van der Waals surface area contributed by atoms with E-state index in [0.29, 0.717) is 23.8 Å². The monoisotopic (exact) mass is 276 g/mol. The van der Waals surface area contributed by atoms with Crippen LogP contribution in [0.5, 0.6) is 11.5 Å². The van der Waals surface area contributed by atoms with E-state index in [9.17, 15) is 19.8 Å². The zero-order chi connectivity index (χ0) is 14.9. The minimum absolute atomic E-state index is 0.00752. The van der Waals surface area contributed by atoms with E-state index in [1.54, 1.807) is 6.92 Å². The third-order valence-corrected chi connectivity index (χ3v) is 3.36. The molecule has 20 heavy (non-hydrogen) atoms. The van der Waals surface area contributed by atoms with Crippen molar-refractivity contribution in [3.63, 3.8) is 0 Å². The lowest BCUT2D eigenvalue weighted by atomic mass is 9.89. The lowest BCUT2D eigenvalue weighted by Gasteiger charge is -2.15. The standard InChI is InChI=1S/C15H16O5/c1-3-9(11(17)4-2)10-7-14(19)20-13-6-8(16)5-12(18)15(10)13/h5-7,9,16,18H,3-4H2,1-2H3. The highest BCUT2D eigenvalue weighted by atomic mass is 16.4. The molecule has 0 amide bonds. The van der Waals surface area contributed by atoms with Crippen LogP contribution in [0.4, 0.5) is 0 Å². The predicted octanol–water partition coefficient (Wildman–Crippen LogP) is 2.68. The van der Waals surface area contributed by atoms with E-state index in [0.717, 1.165) is 6.07 Å². The Labute approximate surface area is 115 Å². The van der Waals surface area contributed by atoms with E-state index in [4.69, 9.17) is 4.42 Å². The second-order valence-electron chi connectivity index (χ2n) is 4.64. The molecule has 1 aromatic heterocycles. The van der Waals surface area contributed by atoms with Crippen molar-refractivity contribution in [2.24, 2.45) is 0 Å². The van der Waals surface area contributed by atoms with Crippen molar-refractivity contribution in [3.8, 4) is 11.5 Å². The molecule has 1 aromatic carbocycles. The first-order valence-corrected chi connectivity index (χ1v) is 6.50. The molecule has 2 N–H and O–H groups in total. The summed E-state index contributed by atoms with van der Waals surface area (Å²) >= 11 is 0. The van der Waals surface area contributed by atoms with Gasteiger partial charge in [0, 0.05) is 30.5 Å². The minimum Gasteiger partial charge on any atom is -0.508 e. The van der Waals surface area contributed by atoms with Crippen LogP contribution in [0.15, 0.2) is 27.4 Å². The summed E-state index contributed by atoms with van der Waals surface area (Å²) in [6.45, 7) is 3.60. The third-order valence-electron chi connectivity index (χ3n) is 3.36. The quantitative estimate of drug-likeness (QED) is 0.838. The van der Waals surface area contributed by atoms with Crippen molar-refractivity contribution in [3.05, 3.63) is 34.2 Å². The van der Waals surface area contributed by atoms with Gasteiger partial charge in [-0.1, -0.05) is 13.8 Å². The lowest BCUT2D eigenvalue weighted by Crippen LogP contribution is -2.13. The molecule has 0 aliphatic heterocycles. The maximum absolute atomic E-state index is 12.0. The molecule has 0 spiro atoms. The predicted molar refractivity (Wildman–Crippen MR) is 74.1 cm³/mol. The highest BCUT2D eigenvalue weighted by Crippen LogP contribution is 2.36. The van der Waals surface area contributed by atoms with Crippen LogP contribution in [-0.2, 0) is 4.79 Å². The van der Waals surface area contributed by atoms with Crippen LogP contribution in [0.25, 0.3) is 11.0 Å². The fourth-order valence-corrected chi connectivity index (χ4v) is 2.44. The van der Waals surface area contributed by atoms with Gasteiger partial charge in [0.25, 0.3) is 0 Å². The van der Waals surface area contributed by atoms with E-state index in [2.05, 4.69) is 0 Å². The van der Waals surface area contributed by atoms with E-state index in [1.807, 2.05) is 6.92 Å². The summed E-state index contributed by atoms with van der Waals surface area (Å²) in [4.78, 5) is 23.6. The second kappa shape index (κ2) is 5.36. The fourth-order valence-electron chi connectivity index (χ4n) is 2.44. The van der Waals surface area contributed by atoms with Crippen LogP contribution in [0.2, 0.25) is 0 Å². The number of phenols is 2. The summed E-state index contributed by atoms with van der Waals surface area (Å²) < 4.78 is 4.99. The number of hydrogen-bond donors (Lipinski definition) is 2. The van der Waals surface area contributed by atoms with Gasteiger partial charge in [0.1, 0.15) is 22.9 Å². The Balaban J connectivity index is 2.81. The number of ketones is 1. The Kier molecular flexibility index (Phi) is 3.79. The Morgan fingerprint density at radius 3 is 2.55 bits per heavy atom. The molecule has 0 aliphatic rings. The van der Waals surface area contributed by atoms with E-state index in [-0.39, 0.29) is 22.9 Å². The Bertz CT molecular complexity index is 714. The van der Waals surface area contributed by atoms with Gasteiger partial charge >= 0.3 is 5.63 Å². The molecule has 5 nitrogen and oxygen atoms in total. The number of phenolic OH excluding ortho intramolecular Hbond substituents is 2. The highest BCUT2D eigenvalue weighted by Gasteiger charge is 2.23. The molecule has 0 aliphatic carbocycles. The summed E-state index contributed by atoms with van der Waals surface area (Å²) in [5.74, 6) is -0.889. The van der Waals surface area contributed by atoms with Crippen LogP contribution in [-0.4, -0.2) is 16.0 Å². The average Bonchev–Trinajstić information content (AvgIpc) is 2.37.